The maximum atomic E-state index is 11.6. The van der Waals surface area contributed by atoms with Crippen molar-refractivity contribution in [1.29, 1.82) is 0 Å². The highest BCUT2D eigenvalue weighted by atomic mass is 32.2. The number of nitrogens with zero attached hydrogens (tertiary/aromatic N) is 1. The van der Waals surface area contributed by atoms with Gasteiger partial charge in [0, 0.05) is 25.7 Å². The Bertz CT molecular complexity index is 258. The summed E-state index contributed by atoms with van der Waals surface area (Å²) in [5.74, 6) is 0. The highest BCUT2D eigenvalue weighted by molar-refractivity contribution is 7.87. The molecule has 0 spiro atoms. The largest absolute Gasteiger partial charge is 0.327 e. The number of hydrogen-bond acceptors (Lipinski definition) is 3. The van der Waals surface area contributed by atoms with Crippen LogP contribution in [0, 0.1) is 0 Å². The summed E-state index contributed by atoms with van der Waals surface area (Å²) in [4.78, 5) is 0. The van der Waals surface area contributed by atoms with Crippen molar-refractivity contribution in [1.82, 2.24) is 9.03 Å². The summed E-state index contributed by atoms with van der Waals surface area (Å²) in [7, 11) is -3.28. The molecule has 0 bridgehead atoms. The van der Waals surface area contributed by atoms with Gasteiger partial charge in [-0.1, -0.05) is 6.42 Å². The lowest BCUT2D eigenvalue weighted by Crippen LogP contribution is -2.46. The summed E-state index contributed by atoms with van der Waals surface area (Å²) < 4.78 is 27.3. The van der Waals surface area contributed by atoms with Gasteiger partial charge in [0.15, 0.2) is 0 Å². The minimum atomic E-state index is -3.28. The third-order valence-electron chi connectivity index (χ3n) is 2.24. The standard InChI is InChI=1S/C8H19N3O2S/c1-8(9)7-10-14(12,13)11-5-3-2-4-6-11/h8,10H,2-7,9H2,1H3. The van der Waals surface area contributed by atoms with Crippen molar-refractivity contribution in [2.24, 2.45) is 5.73 Å². The molecule has 84 valence electrons. The Morgan fingerprint density at radius 1 is 1.36 bits per heavy atom. The summed E-state index contributed by atoms with van der Waals surface area (Å²) in [6, 6.07) is -0.144. The van der Waals surface area contributed by atoms with Crippen molar-refractivity contribution in [3.63, 3.8) is 0 Å². The molecule has 0 aliphatic carbocycles. The number of hydrogen-bond donors (Lipinski definition) is 2. The van der Waals surface area contributed by atoms with E-state index in [0.717, 1.165) is 19.3 Å². The van der Waals surface area contributed by atoms with Gasteiger partial charge in [-0.05, 0) is 19.8 Å². The van der Waals surface area contributed by atoms with Crippen molar-refractivity contribution < 1.29 is 8.42 Å². The average Bonchev–Trinajstić information content (AvgIpc) is 2.16. The Balaban J connectivity index is 2.46. The molecule has 6 heteroatoms. The molecule has 1 heterocycles. The Morgan fingerprint density at radius 2 is 1.93 bits per heavy atom. The molecule has 0 saturated carbocycles. The molecule has 14 heavy (non-hydrogen) atoms. The first-order valence-corrected chi connectivity index (χ1v) is 6.47. The van der Waals surface area contributed by atoms with E-state index in [1.54, 1.807) is 6.92 Å². The minimum absolute atomic E-state index is 0.144. The third kappa shape index (κ3) is 3.53. The van der Waals surface area contributed by atoms with Crippen LogP contribution in [0.15, 0.2) is 0 Å². The highest BCUT2D eigenvalue weighted by Crippen LogP contribution is 2.11. The van der Waals surface area contributed by atoms with E-state index in [-0.39, 0.29) is 6.04 Å². The van der Waals surface area contributed by atoms with Gasteiger partial charge in [-0.25, -0.2) is 4.72 Å². The summed E-state index contributed by atoms with van der Waals surface area (Å²) >= 11 is 0. The Labute approximate surface area is 85.8 Å². The molecule has 0 amide bonds. The van der Waals surface area contributed by atoms with Crippen molar-refractivity contribution in [3.05, 3.63) is 0 Å². The van der Waals surface area contributed by atoms with Crippen LogP contribution < -0.4 is 10.5 Å². The number of nitrogens with one attached hydrogen (secondary N) is 1. The molecular weight excluding hydrogens is 202 g/mol. The lowest BCUT2D eigenvalue weighted by Gasteiger charge is -2.26. The predicted molar refractivity (Wildman–Crippen MR) is 56.0 cm³/mol. The molecule has 0 aromatic carbocycles. The summed E-state index contributed by atoms with van der Waals surface area (Å²) in [5.41, 5.74) is 5.48. The molecule has 1 fully saturated rings. The molecule has 1 aliphatic rings. The quantitative estimate of drug-likeness (QED) is 0.681. The van der Waals surface area contributed by atoms with E-state index in [0.29, 0.717) is 19.6 Å². The molecule has 1 rings (SSSR count). The van der Waals surface area contributed by atoms with Crippen molar-refractivity contribution in [2.75, 3.05) is 19.6 Å². The van der Waals surface area contributed by atoms with E-state index >= 15 is 0 Å². The number of piperidine rings is 1. The Hall–Kier alpha value is -0.170. The zero-order valence-electron chi connectivity index (χ0n) is 8.57. The third-order valence-corrected chi connectivity index (χ3v) is 3.82. The first-order chi connectivity index (χ1) is 6.52. The molecular formula is C8H19N3O2S. The van der Waals surface area contributed by atoms with Gasteiger partial charge in [0.2, 0.25) is 0 Å². The van der Waals surface area contributed by atoms with Gasteiger partial charge in [0.1, 0.15) is 0 Å². The zero-order valence-corrected chi connectivity index (χ0v) is 9.39. The second kappa shape index (κ2) is 5.06. The minimum Gasteiger partial charge on any atom is -0.327 e. The van der Waals surface area contributed by atoms with E-state index < -0.39 is 10.2 Å². The van der Waals surface area contributed by atoms with Crippen molar-refractivity contribution in [2.45, 2.75) is 32.2 Å². The van der Waals surface area contributed by atoms with Crippen LogP contribution in [0.25, 0.3) is 0 Å². The lowest BCUT2D eigenvalue weighted by atomic mass is 10.2. The molecule has 1 atom stereocenters. The molecule has 1 saturated heterocycles. The fraction of sp³-hybridized carbons (Fsp3) is 1.00. The maximum absolute atomic E-state index is 11.6. The second-order valence-corrected chi connectivity index (χ2v) is 5.55. The van der Waals surface area contributed by atoms with Gasteiger partial charge >= 0.3 is 0 Å². The van der Waals surface area contributed by atoms with Gasteiger partial charge < -0.3 is 5.73 Å². The first-order valence-electron chi connectivity index (χ1n) is 5.02. The number of rotatable bonds is 4. The van der Waals surface area contributed by atoms with Crippen LogP contribution in [0.5, 0.6) is 0 Å². The van der Waals surface area contributed by atoms with Crippen LogP contribution in [0.3, 0.4) is 0 Å². The summed E-state index contributed by atoms with van der Waals surface area (Å²) in [6.45, 7) is 3.35. The molecule has 0 aromatic rings. The lowest BCUT2D eigenvalue weighted by molar-refractivity contribution is 0.341. The van der Waals surface area contributed by atoms with Crippen molar-refractivity contribution >= 4 is 10.2 Å². The summed E-state index contributed by atoms with van der Waals surface area (Å²) in [6.07, 6.45) is 3.04. The first kappa shape index (κ1) is 11.9. The number of nitrogens with two attached hydrogens (primary N) is 1. The topological polar surface area (TPSA) is 75.4 Å². The normalized spacial score (nSPS) is 22.1. The molecule has 1 unspecified atom stereocenters. The fourth-order valence-electron chi connectivity index (χ4n) is 1.43. The molecule has 1 aliphatic heterocycles. The van der Waals surface area contributed by atoms with Crippen LogP contribution in [-0.2, 0) is 10.2 Å². The summed E-state index contributed by atoms with van der Waals surface area (Å²) in [5, 5.41) is 0. The van der Waals surface area contributed by atoms with Crippen molar-refractivity contribution in [3.8, 4) is 0 Å². The monoisotopic (exact) mass is 221 g/mol. The van der Waals surface area contributed by atoms with E-state index in [1.807, 2.05) is 0 Å². The van der Waals surface area contributed by atoms with E-state index in [2.05, 4.69) is 4.72 Å². The Morgan fingerprint density at radius 3 is 2.43 bits per heavy atom. The smallest absolute Gasteiger partial charge is 0.279 e. The van der Waals surface area contributed by atoms with E-state index in [9.17, 15) is 8.42 Å². The van der Waals surface area contributed by atoms with Crippen LogP contribution in [0.1, 0.15) is 26.2 Å². The van der Waals surface area contributed by atoms with Gasteiger partial charge in [0.25, 0.3) is 10.2 Å². The molecule has 0 aromatic heterocycles. The van der Waals surface area contributed by atoms with Crippen LogP contribution in [0.2, 0.25) is 0 Å². The molecule has 0 radical (unpaired) electrons. The van der Waals surface area contributed by atoms with Gasteiger partial charge in [-0.3, -0.25) is 0 Å². The van der Waals surface area contributed by atoms with Crippen LogP contribution in [0.4, 0.5) is 0 Å². The molecule has 3 N–H and O–H groups in total. The Kier molecular flexibility index (Phi) is 4.31. The SMILES string of the molecule is CC(N)CNS(=O)(=O)N1CCCCC1. The maximum Gasteiger partial charge on any atom is 0.279 e. The van der Waals surface area contributed by atoms with Crippen LogP contribution >= 0.6 is 0 Å². The van der Waals surface area contributed by atoms with E-state index in [4.69, 9.17) is 5.73 Å². The van der Waals surface area contributed by atoms with Crippen LogP contribution in [-0.4, -0.2) is 38.4 Å². The van der Waals surface area contributed by atoms with Gasteiger partial charge in [-0.15, -0.1) is 0 Å². The highest BCUT2D eigenvalue weighted by Gasteiger charge is 2.23. The van der Waals surface area contributed by atoms with Gasteiger partial charge in [-0.2, -0.15) is 12.7 Å². The fourth-order valence-corrected chi connectivity index (χ4v) is 2.83. The molecule has 5 nitrogen and oxygen atoms in total. The zero-order chi connectivity index (χ0) is 10.6. The predicted octanol–water partition coefficient (Wildman–Crippen LogP) is -0.346. The average molecular weight is 221 g/mol. The second-order valence-electron chi connectivity index (χ2n) is 3.79. The van der Waals surface area contributed by atoms with E-state index in [1.165, 1.54) is 4.31 Å². The van der Waals surface area contributed by atoms with Gasteiger partial charge in [0.05, 0.1) is 0 Å².